The first kappa shape index (κ1) is 17.2. The molecule has 1 aromatic heterocycles. The quantitative estimate of drug-likeness (QED) is 0.781. The third kappa shape index (κ3) is 2.56. The minimum atomic E-state index is 0.0649. The minimum absolute atomic E-state index is 0.0649. The van der Waals surface area contributed by atoms with Crippen LogP contribution in [0.3, 0.4) is 0 Å². The summed E-state index contributed by atoms with van der Waals surface area (Å²) in [6, 6.07) is 6.86. The highest BCUT2D eigenvalue weighted by molar-refractivity contribution is 5.95. The summed E-state index contributed by atoms with van der Waals surface area (Å²) in [4.78, 5) is 26.6. The molecule has 29 heavy (non-hydrogen) atoms. The molecule has 2 aromatic rings. The van der Waals surface area contributed by atoms with E-state index < -0.39 is 0 Å². The number of ether oxygens (including phenoxy) is 2. The molecule has 5 aliphatic rings. The molecule has 2 bridgehead atoms. The molecule has 150 valence electrons. The van der Waals surface area contributed by atoms with Gasteiger partial charge in [-0.25, -0.2) is 9.97 Å². The molecule has 0 radical (unpaired) electrons. The summed E-state index contributed by atoms with van der Waals surface area (Å²) >= 11 is 0. The topological polar surface area (TPSA) is 67.8 Å². The first-order chi connectivity index (χ1) is 14.2. The van der Waals surface area contributed by atoms with Crippen LogP contribution in [0.1, 0.15) is 40.4 Å². The molecule has 7 nitrogen and oxygen atoms in total. The number of piperidine rings is 3. The Bertz CT molecular complexity index is 972. The van der Waals surface area contributed by atoms with Crippen molar-refractivity contribution in [2.24, 2.45) is 5.92 Å². The van der Waals surface area contributed by atoms with E-state index in [1.807, 2.05) is 13.0 Å². The Morgan fingerprint density at radius 3 is 2.79 bits per heavy atom. The summed E-state index contributed by atoms with van der Waals surface area (Å²) < 4.78 is 11.1. The number of carbonyl (C=O) groups excluding carboxylic acids is 1. The summed E-state index contributed by atoms with van der Waals surface area (Å²) in [7, 11) is 0. The number of likely N-dealkylation sites (tertiary alicyclic amines) is 1. The first-order valence-electron chi connectivity index (χ1n) is 10.4. The zero-order valence-corrected chi connectivity index (χ0v) is 16.5. The molecule has 0 aliphatic carbocycles. The fraction of sp³-hybridized carbons (Fsp3) is 0.500. The van der Waals surface area contributed by atoms with Crippen LogP contribution in [0.5, 0.6) is 11.5 Å². The molecular formula is C22H24N4O3. The van der Waals surface area contributed by atoms with Crippen molar-refractivity contribution in [2.45, 2.75) is 37.8 Å². The number of hydrogen-bond donors (Lipinski definition) is 0. The second-order valence-corrected chi connectivity index (χ2v) is 8.55. The predicted octanol–water partition coefficient (Wildman–Crippen LogP) is 2.22. The van der Waals surface area contributed by atoms with Gasteiger partial charge in [-0.05, 0) is 56.5 Å². The number of aryl methyl sites for hydroxylation is 1. The van der Waals surface area contributed by atoms with Gasteiger partial charge in [0.15, 0.2) is 11.5 Å². The van der Waals surface area contributed by atoms with E-state index in [-0.39, 0.29) is 24.7 Å². The molecule has 1 aromatic carbocycles. The molecule has 0 N–H and O–H groups in total. The van der Waals surface area contributed by atoms with Crippen LogP contribution in [0.2, 0.25) is 0 Å². The van der Waals surface area contributed by atoms with Crippen LogP contribution in [0.4, 0.5) is 0 Å². The zero-order chi connectivity index (χ0) is 19.5. The minimum Gasteiger partial charge on any atom is -0.454 e. The lowest BCUT2D eigenvalue weighted by atomic mass is 9.75. The van der Waals surface area contributed by atoms with Gasteiger partial charge in [0.1, 0.15) is 6.33 Å². The highest BCUT2D eigenvalue weighted by atomic mass is 16.7. The number of carbonyl (C=O) groups is 1. The van der Waals surface area contributed by atoms with Crippen LogP contribution in [0.25, 0.3) is 0 Å². The van der Waals surface area contributed by atoms with Gasteiger partial charge in [-0.15, -0.1) is 0 Å². The van der Waals surface area contributed by atoms with Crippen LogP contribution in [0.15, 0.2) is 30.7 Å². The molecule has 7 heteroatoms. The van der Waals surface area contributed by atoms with Gasteiger partial charge in [0.05, 0.1) is 17.3 Å². The van der Waals surface area contributed by atoms with Crippen LogP contribution < -0.4 is 9.47 Å². The average molecular weight is 392 g/mol. The lowest BCUT2D eigenvalue weighted by molar-refractivity contribution is -0.00346. The number of nitrogens with zero attached hydrogens (tertiary/aromatic N) is 4. The van der Waals surface area contributed by atoms with Crippen molar-refractivity contribution >= 4 is 5.91 Å². The van der Waals surface area contributed by atoms with Gasteiger partial charge in [0.2, 0.25) is 6.79 Å². The normalized spacial score (nSPS) is 31.8. The number of amides is 1. The van der Waals surface area contributed by atoms with E-state index in [1.54, 1.807) is 6.20 Å². The van der Waals surface area contributed by atoms with Crippen molar-refractivity contribution in [3.63, 3.8) is 0 Å². The maximum atomic E-state index is 13.5. The fourth-order valence-electron chi connectivity index (χ4n) is 5.85. The number of fused-ring (bicyclic) bond motifs is 3. The van der Waals surface area contributed by atoms with E-state index >= 15 is 0 Å². The Balaban J connectivity index is 1.39. The van der Waals surface area contributed by atoms with E-state index in [2.05, 4.69) is 31.9 Å². The summed E-state index contributed by atoms with van der Waals surface area (Å²) in [6.45, 7) is 5.13. The molecule has 4 saturated heterocycles. The van der Waals surface area contributed by atoms with Crippen molar-refractivity contribution in [1.82, 2.24) is 19.8 Å². The molecule has 3 atom stereocenters. The Morgan fingerprint density at radius 2 is 1.97 bits per heavy atom. The maximum absolute atomic E-state index is 13.5. The van der Waals surface area contributed by atoms with Crippen molar-refractivity contribution in [1.29, 1.82) is 0 Å². The van der Waals surface area contributed by atoms with E-state index in [4.69, 9.17) is 9.47 Å². The maximum Gasteiger partial charge on any atom is 0.257 e. The Morgan fingerprint density at radius 1 is 1.14 bits per heavy atom. The number of aromatic nitrogens is 2. The van der Waals surface area contributed by atoms with E-state index in [1.165, 1.54) is 24.7 Å². The molecule has 0 unspecified atom stereocenters. The third-order valence-corrected chi connectivity index (χ3v) is 7.22. The lowest BCUT2D eigenvalue weighted by Crippen LogP contribution is -2.60. The SMILES string of the molecule is Cc1ncncc1C(=O)N1C[C@@H](c2ccc3c(c2)OCO3)[C@@H]2[C@H]1C1CCN2CC1. The Kier molecular flexibility index (Phi) is 3.81. The van der Waals surface area contributed by atoms with Gasteiger partial charge < -0.3 is 14.4 Å². The first-order valence-corrected chi connectivity index (χ1v) is 10.4. The van der Waals surface area contributed by atoms with Crippen molar-refractivity contribution in [2.75, 3.05) is 26.4 Å². The van der Waals surface area contributed by atoms with Crippen LogP contribution in [-0.2, 0) is 0 Å². The smallest absolute Gasteiger partial charge is 0.257 e. The van der Waals surface area contributed by atoms with Crippen LogP contribution >= 0.6 is 0 Å². The fourth-order valence-corrected chi connectivity index (χ4v) is 5.85. The van der Waals surface area contributed by atoms with Crippen LogP contribution in [-0.4, -0.2) is 64.2 Å². The molecule has 7 rings (SSSR count). The predicted molar refractivity (Wildman–Crippen MR) is 105 cm³/mol. The molecule has 5 aliphatic heterocycles. The van der Waals surface area contributed by atoms with E-state index in [0.29, 0.717) is 17.5 Å². The van der Waals surface area contributed by atoms with Crippen LogP contribution in [0, 0.1) is 12.8 Å². The summed E-state index contributed by atoms with van der Waals surface area (Å²) in [5.74, 6) is 2.52. The van der Waals surface area contributed by atoms with Crippen molar-refractivity contribution in [3.05, 3.63) is 47.5 Å². The molecule has 6 heterocycles. The average Bonchev–Trinajstić information content (AvgIpc) is 3.40. The highest BCUT2D eigenvalue weighted by Crippen LogP contribution is 2.48. The van der Waals surface area contributed by atoms with Gasteiger partial charge >= 0.3 is 0 Å². The zero-order valence-electron chi connectivity index (χ0n) is 16.5. The number of rotatable bonds is 2. The second-order valence-electron chi connectivity index (χ2n) is 8.55. The Hall–Kier alpha value is -2.67. The third-order valence-electron chi connectivity index (χ3n) is 7.22. The van der Waals surface area contributed by atoms with Gasteiger partial charge in [-0.2, -0.15) is 0 Å². The number of benzene rings is 1. The van der Waals surface area contributed by atoms with Gasteiger partial charge in [-0.1, -0.05) is 6.07 Å². The molecule has 4 fully saturated rings. The van der Waals surface area contributed by atoms with Crippen molar-refractivity contribution in [3.8, 4) is 11.5 Å². The Labute approximate surface area is 169 Å². The lowest BCUT2D eigenvalue weighted by Gasteiger charge is -2.51. The molecule has 1 amide bonds. The second kappa shape index (κ2) is 6.42. The highest BCUT2D eigenvalue weighted by Gasteiger charge is 2.55. The molecule has 0 saturated carbocycles. The molecular weight excluding hydrogens is 368 g/mol. The summed E-state index contributed by atoms with van der Waals surface area (Å²) in [6.07, 6.45) is 5.50. The standard InChI is InChI=1S/C22H24N4O3/c1-13-16(9-23-11-24-13)22(27)26-10-17(15-2-3-18-19(8-15)29-12-28-18)21-20(26)14-4-6-25(21)7-5-14/h2-3,8-9,11,14,17,20-21H,4-7,10,12H2,1H3/t17-,20+,21+/m0/s1. The van der Waals surface area contributed by atoms with Gasteiger partial charge in [0.25, 0.3) is 5.91 Å². The summed E-state index contributed by atoms with van der Waals surface area (Å²) in [5, 5.41) is 0. The summed E-state index contributed by atoms with van der Waals surface area (Å²) in [5.41, 5.74) is 2.59. The van der Waals surface area contributed by atoms with Gasteiger partial charge in [-0.3, -0.25) is 9.69 Å². The number of hydrogen-bond acceptors (Lipinski definition) is 6. The van der Waals surface area contributed by atoms with Gasteiger partial charge in [0, 0.05) is 24.7 Å². The largest absolute Gasteiger partial charge is 0.454 e. The molecule has 0 spiro atoms. The van der Waals surface area contributed by atoms with Crippen molar-refractivity contribution < 1.29 is 14.3 Å². The van der Waals surface area contributed by atoms with E-state index in [9.17, 15) is 4.79 Å². The monoisotopic (exact) mass is 392 g/mol. The van der Waals surface area contributed by atoms with E-state index in [0.717, 1.165) is 36.8 Å².